The van der Waals surface area contributed by atoms with Crippen LogP contribution in [0.15, 0.2) is 77.2 Å². The molecule has 1 N–H and O–H groups in total. The third kappa shape index (κ3) is 5.65. The number of furan rings is 1. The number of nitrogens with one attached hydrogen (secondary N) is 1. The number of anilines is 3. The highest BCUT2D eigenvalue weighted by molar-refractivity contribution is 6.08. The number of amides is 2. The van der Waals surface area contributed by atoms with E-state index in [1.54, 1.807) is 12.1 Å². The van der Waals surface area contributed by atoms with Crippen LogP contribution in [0.2, 0.25) is 0 Å². The van der Waals surface area contributed by atoms with Crippen molar-refractivity contribution in [2.75, 3.05) is 54.4 Å². The maximum Gasteiger partial charge on any atom is 0.289 e. The summed E-state index contributed by atoms with van der Waals surface area (Å²) >= 11 is 0. The van der Waals surface area contributed by atoms with Crippen molar-refractivity contribution in [1.29, 1.82) is 0 Å². The number of non-ortho nitro benzene ring substituents is 1. The number of para-hydroxylation sites is 1. The number of nitro benzene ring substituents is 1. The number of carbonyl (C=O) groups excluding carboxylic acids is 2. The quantitative estimate of drug-likeness (QED) is 0.232. The zero-order valence-corrected chi connectivity index (χ0v) is 23.5. The van der Waals surface area contributed by atoms with Gasteiger partial charge in [0.05, 0.1) is 16.2 Å². The van der Waals surface area contributed by atoms with Crippen molar-refractivity contribution in [2.24, 2.45) is 5.92 Å². The number of carbonyl (C=O) groups is 2. The number of nitrogens with zero attached hydrogens (tertiary/aromatic N) is 4. The van der Waals surface area contributed by atoms with E-state index in [1.807, 2.05) is 53.4 Å². The number of piperazine rings is 1. The molecule has 3 aromatic carbocycles. The Morgan fingerprint density at radius 3 is 2.29 bits per heavy atom. The van der Waals surface area contributed by atoms with Gasteiger partial charge in [0.1, 0.15) is 5.58 Å². The molecule has 0 unspecified atom stereocenters. The molecule has 2 aliphatic rings. The molecule has 1 aromatic heterocycles. The maximum atomic E-state index is 13.4. The molecule has 4 aromatic rings. The molecule has 216 valence electrons. The van der Waals surface area contributed by atoms with Crippen molar-refractivity contribution in [3.63, 3.8) is 0 Å². The second kappa shape index (κ2) is 11.6. The van der Waals surface area contributed by atoms with Crippen LogP contribution in [-0.4, -0.2) is 60.9 Å². The molecule has 42 heavy (non-hydrogen) atoms. The Hall–Kier alpha value is -4.86. The average Bonchev–Trinajstić information content (AvgIpc) is 3.46. The molecule has 0 spiro atoms. The van der Waals surface area contributed by atoms with Gasteiger partial charge in [0, 0.05) is 68.2 Å². The summed E-state index contributed by atoms with van der Waals surface area (Å²) in [5.74, 6) is 0.489. The average molecular weight is 568 g/mol. The van der Waals surface area contributed by atoms with Crippen molar-refractivity contribution < 1.29 is 18.9 Å². The van der Waals surface area contributed by atoms with E-state index in [-0.39, 0.29) is 17.5 Å². The summed E-state index contributed by atoms with van der Waals surface area (Å²) in [5.41, 5.74) is 3.20. The Kier molecular flexibility index (Phi) is 7.52. The van der Waals surface area contributed by atoms with Crippen LogP contribution in [0.25, 0.3) is 11.0 Å². The maximum absolute atomic E-state index is 13.4. The van der Waals surface area contributed by atoms with Crippen LogP contribution in [0, 0.1) is 16.0 Å². The first-order valence-corrected chi connectivity index (χ1v) is 14.3. The number of piperidine rings is 1. The molecule has 2 fully saturated rings. The van der Waals surface area contributed by atoms with E-state index in [0.29, 0.717) is 54.7 Å². The summed E-state index contributed by atoms with van der Waals surface area (Å²) in [4.78, 5) is 43.5. The van der Waals surface area contributed by atoms with Crippen molar-refractivity contribution in [1.82, 2.24) is 4.90 Å². The molecule has 0 atom stereocenters. The normalized spacial score (nSPS) is 16.1. The Morgan fingerprint density at radius 1 is 0.881 bits per heavy atom. The third-order valence-corrected chi connectivity index (χ3v) is 8.25. The Morgan fingerprint density at radius 2 is 1.60 bits per heavy atom. The molecule has 3 heterocycles. The van der Waals surface area contributed by atoms with Crippen molar-refractivity contribution in [3.8, 4) is 0 Å². The first-order valence-electron chi connectivity index (χ1n) is 14.3. The highest BCUT2D eigenvalue weighted by Gasteiger charge is 2.26. The predicted molar refractivity (Wildman–Crippen MR) is 162 cm³/mol. The lowest BCUT2D eigenvalue weighted by Gasteiger charge is -2.35. The molecule has 10 nitrogen and oxygen atoms in total. The number of fused-ring (bicyclic) bond motifs is 1. The number of benzene rings is 3. The highest BCUT2D eigenvalue weighted by atomic mass is 16.6. The molecule has 6 rings (SSSR count). The molecule has 0 bridgehead atoms. The lowest BCUT2D eigenvalue weighted by Crippen LogP contribution is -2.48. The van der Waals surface area contributed by atoms with Gasteiger partial charge in [0.25, 0.3) is 17.5 Å². The third-order valence-electron chi connectivity index (χ3n) is 8.25. The minimum absolute atomic E-state index is 0.108. The molecular weight excluding hydrogens is 534 g/mol. The minimum atomic E-state index is -0.475. The fraction of sp³-hybridized carbons (Fsp3) is 0.312. The van der Waals surface area contributed by atoms with Gasteiger partial charge >= 0.3 is 0 Å². The van der Waals surface area contributed by atoms with E-state index < -0.39 is 4.92 Å². The summed E-state index contributed by atoms with van der Waals surface area (Å²) in [6.45, 7) is 6.31. The Bertz CT molecular complexity index is 1580. The van der Waals surface area contributed by atoms with Crippen molar-refractivity contribution in [3.05, 3.63) is 94.2 Å². The summed E-state index contributed by atoms with van der Waals surface area (Å²) in [6.07, 6.45) is 2.03. The van der Waals surface area contributed by atoms with Crippen LogP contribution in [-0.2, 0) is 0 Å². The fourth-order valence-electron chi connectivity index (χ4n) is 5.71. The van der Waals surface area contributed by atoms with Gasteiger partial charge in [-0.3, -0.25) is 19.7 Å². The molecule has 0 saturated carbocycles. The largest absolute Gasteiger partial charge is 0.451 e. The molecular formula is C32H33N5O5. The van der Waals surface area contributed by atoms with Gasteiger partial charge in [-0.05, 0) is 61.2 Å². The first-order chi connectivity index (χ1) is 20.4. The van der Waals surface area contributed by atoms with Gasteiger partial charge in [-0.15, -0.1) is 0 Å². The SMILES string of the molecule is CC1CCN(c2ccc([N+](=O)[O-])cc2C(=O)Nc2ccc(N3CCN(C(=O)c4cc5ccccc5o4)CC3)cc2)CC1. The van der Waals surface area contributed by atoms with E-state index >= 15 is 0 Å². The van der Waals surface area contributed by atoms with Crippen molar-refractivity contribution in [2.45, 2.75) is 19.8 Å². The van der Waals surface area contributed by atoms with Crippen LogP contribution in [0.5, 0.6) is 0 Å². The standard InChI is InChI=1S/C32H33N5O5/c1-22-12-14-35(15-13-22)28-11-10-26(37(40)41)21-27(28)31(38)33-24-6-8-25(9-7-24)34-16-18-36(19-17-34)32(39)30-20-23-4-2-3-5-29(23)42-30/h2-11,20-22H,12-19H2,1H3,(H,33,38). The van der Waals surface area contributed by atoms with E-state index in [1.165, 1.54) is 12.1 Å². The van der Waals surface area contributed by atoms with Crippen LogP contribution < -0.4 is 15.1 Å². The smallest absolute Gasteiger partial charge is 0.289 e. The molecule has 10 heteroatoms. The second-order valence-electron chi connectivity index (χ2n) is 11.1. The minimum Gasteiger partial charge on any atom is -0.451 e. The monoisotopic (exact) mass is 567 g/mol. The summed E-state index contributed by atoms with van der Waals surface area (Å²) in [5, 5.41) is 15.3. The van der Waals surface area contributed by atoms with E-state index in [2.05, 4.69) is 22.0 Å². The van der Waals surface area contributed by atoms with Gasteiger partial charge < -0.3 is 24.4 Å². The predicted octanol–water partition coefficient (Wildman–Crippen LogP) is 5.79. The van der Waals surface area contributed by atoms with Gasteiger partial charge in [-0.2, -0.15) is 0 Å². The highest BCUT2D eigenvalue weighted by Crippen LogP contribution is 2.30. The lowest BCUT2D eigenvalue weighted by atomic mass is 9.98. The summed E-state index contributed by atoms with van der Waals surface area (Å²) < 4.78 is 5.76. The summed E-state index contributed by atoms with van der Waals surface area (Å²) in [7, 11) is 0. The van der Waals surface area contributed by atoms with Crippen LogP contribution >= 0.6 is 0 Å². The van der Waals surface area contributed by atoms with E-state index in [9.17, 15) is 19.7 Å². The number of nitro groups is 1. The number of rotatable bonds is 6. The topological polar surface area (TPSA) is 112 Å². The van der Waals surface area contributed by atoms with Crippen LogP contribution in [0.3, 0.4) is 0 Å². The molecule has 2 saturated heterocycles. The summed E-state index contributed by atoms with van der Waals surface area (Å²) in [6, 6.07) is 21.4. The Balaban J connectivity index is 1.10. The van der Waals surface area contributed by atoms with Gasteiger partial charge in [-0.25, -0.2) is 0 Å². The lowest BCUT2D eigenvalue weighted by molar-refractivity contribution is -0.384. The zero-order chi connectivity index (χ0) is 29.2. The molecule has 2 aliphatic heterocycles. The molecule has 2 amide bonds. The second-order valence-corrected chi connectivity index (χ2v) is 11.1. The molecule has 0 radical (unpaired) electrons. The van der Waals surface area contributed by atoms with E-state index in [4.69, 9.17) is 4.42 Å². The zero-order valence-electron chi connectivity index (χ0n) is 23.5. The fourth-order valence-corrected chi connectivity index (χ4v) is 5.71. The van der Waals surface area contributed by atoms with Crippen molar-refractivity contribution >= 4 is 45.5 Å². The number of hydrogen-bond donors (Lipinski definition) is 1. The number of hydrogen-bond acceptors (Lipinski definition) is 7. The van der Waals surface area contributed by atoms with Crippen LogP contribution in [0.4, 0.5) is 22.7 Å². The van der Waals surface area contributed by atoms with Crippen LogP contribution in [0.1, 0.15) is 40.7 Å². The van der Waals surface area contributed by atoms with Gasteiger partial charge in [-0.1, -0.05) is 25.1 Å². The van der Waals surface area contributed by atoms with E-state index in [0.717, 1.165) is 42.7 Å². The Labute approximate surface area is 243 Å². The molecule has 0 aliphatic carbocycles. The van der Waals surface area contributed by atoms with Gasteiger partial charge in [0.2, 0.25) is 0 Å². The first kappa shape index (κ1) is 27.3. The van der Waals surface area contributed by atoms with Gasteiger partial charge in [0.15, 0.2) is 5.76 Å².